The topological polar surface area (TPSA) is 42.0 Å². The van der Waals surface area contributed by atoms with E-state index in [2.05, 4.69) is 10.3 Å². The Morgan fingerprint density at radius 3 is 2.84 bits per heavy atom. The Hall–Kier alpha value is -1.97. The Labute approximate surface area is 111 Å². The van der Waals surface area contributed by atoms with E-state index < -0.39 is 0 Å². The molecule has 2 aromatic rings. The van der Waals surface area contributed by atoms with E-state index in [0.29, 0.717) is 22.2 Å². The van der Waals surface area contributed by atoms with Gasteiger partial charge in [0, 0.05) is 23.2 Å². The minimum atomic E-state index is -0.348. The molecule has 0 bridgehead atoms. The van der Waals surface area contributed by atoms with Crippen molar-refractivity contribution in [1.29, 1.82) is 0 Å². The van der Waals surface area contributed by atoms with Crippen LogP contribution in [0.25, 0.3) is 10.9 Å². The standard InChI is InChI=1S/C15H17FN2O/c1-4-9(2)18-15(19)13-7-10(3)17-14-8-11(16)5-6-12(13)14/h5-9H,4H2,1-3H3,(H,18,19). The molecule has 1 heterocycles. The number of amides is 1. The summed E-state index contributed by atoms with van der Waals surface area (Å²) in [7, 11) is 0. The Morgan fingerprint density at radius 2 is 2.16 bits per heavy atom. The molecule has 1 aromatic heterocycles. The molecule has 0 aliphatic heterocycles. The summed E-state index contributed by atoms with van der Waals surface area (Å²) in [6.45, 7) is 5.76. The van der Waals surface area contributed by atoms with Gasteiger partial charge in [0.25, 0.3) is 5.91 Å². The first-order valence-electron chi connectivity index (χ1n) is 6.39. The van der Waals surface area contributed by atoms with E-state index in [1.807, 2.05) is 13.8 Å². The number of pyridine rings is 1. The molecule has 2 rings (SSSR count). The van der Waals surface area contributed by atoms with E-state index in [4.69, 9.17) is 0 Å². The fourth-order valence-corrected chi connectivity index (χ4v) is 1.93. The summed E-state index contributed by atoms with van der Waals surface area (Å²) in [6, 6.07) is 6.14. The maximum absolute atomic E-state index is 13.2. The van der Waals surface area contributed by atoms with Gasteiger partial charge in [0.15, 0.2) is 0 Å². The molecule has 0 saturated heterocycles. The Morgan fingerprint density at radius 1 is 1.42 bits per heavy atom. The second-order valence-electron chi connectivity index (χ2n) is 4.76. The lowest BCUT2D eigenvalue weighted by atomic mass is 10.1. The highest BCUT2D eigenvalue weighted by Gasteiger charge is 2.14. The molecule has 0 saturated carbocycles. The normalized spacial score (nSPS) is 12.4. The number of carbonyl (C=O) groups excluding carboxylic acids is 1. The molecule has 3 nitrogen and oxygen atoms in total. The number of nitrogens with one attached hydrogen (secondary N) is 1. The first kappa shape index (κ1) is 13.5. The van der Waals surface area contributed by atoms with Crippen LogP contribution in [-0.4, -0.2) is 16.9 Å². The molecular formula is C15H17FN2O. The van der Waals surface area contributed by atoms with E-state index in [0.717, 1.165) is 6.42 Å². The van der Waals surface area contributed by atoms with Crippen LogP contribution in [0.4, 0.5) is 4.39 Å². The lowest BCUT2D eigenvalue weighted by Crippen LogP contribution is -2.32. The summed E-state index contributed by atoms with van der Waals surface area (Å²) < 4.78 is 13.2. The van der Waals surface area contributed by atoms with E-state index in [9.17, 15) is 9.18 Å². The average Bonchev–Trinajstić information content (AvgIpc) is 2.36. The molecule has 0 aliphatic carbocycles. The summed E-state index contributed by atoms with van der Waals surface area (Å²) in [6.07, 6.45) is 0.863. The van der Waals surface area contributed by atoms with Gasteiger partial charge in [-0.05, 0) is 38.5 Å². The fraction of sp³-hybridized carbons (Fsp3) is 0.333. The molecule has 4 heteroatoms. The smallest absolute Gasteiger partial charge is 0.252 e. The van der Waals surface area contributed by atoms with E-state index in [1.165, 1.54) is 12.1 Å². The first-order valence-corrected chi connectivity index (χ1v) is 6.39. The molecule has 100 valence electrons. The number of halogens is 1. The number of carbonyl (C=O) groups is 1. The highest BCUT2D eigenvalue weighted by molar-refractivity contribution is 6.06. The van der Waals surface area contributed by atoms with Crippen LogP contribution in [0.5, 0.6) is 0 Å². The zero-order chi connectivity index (χ0) is 14.0. The molecule has 1 aromatic carbocycles. The van der Waals surface area contributed by atoms with Crippen molar-refractivity contribution < 1.29 is 9.18 Å². The van der Waals surface area contributed by atoms with Crippen molar-refractivity contribution in [3.05, 3.63) is 41.3 Å². The quantitative estimate of drug-likeness (QED) is 0.920. The second-order valence-corrected chi connectivity index (χ2v) is 4.76. The molecule has 1 atom stereocenters. The Balaban J connectivity index is 2.50. The van der Waals surface area contributed by atoms with Crippen molar-refractivity contribution in [1.82, 2.24) is 10.3 Å². The van der Waals surface area contributed by atoms with Gasteiger partial charge in [-0.25, -0.2) is 4.39 Å². The number of benzene rings is 1. The molecule has 0 spiro atoms. The molecule has 1 amide bonds. The largest absolute Gasteiger partial charge is 0.350 e. The number of nitrogens with zero attached hydrogens (tertiary/aromatic N) is 1. The number of fused-ring (bicyclic) bond motifs is 1. The zero-order valence-electron chi connectivity index (χ0n) is 11.3. The van der Waals surface area contributed by atoms with Crippen molar-refractivity contribution in [2.45, 2.75) is 33.2 Å². The van der Waals surface area contributed by atoms with E-state index in [-0.39, 0.29) is 17.8 Å². The van der Waals surface area contributed by atoms with Crippen molar-refractivity contribution in [2.24, 2.45) is 0 Å². The zero-order valence-corrected chi connectivity index (χ0v) is 11.3. The highest BCUT2D eigenvalue weighted by Crippen LogP contribution is 2.19. The van der Waals surface area contributed by atoms with Gasteiger partial charge in [-0.2, -0.15) is 0 Å². The lowest BCUT2D eigenvalue weighted by Gasteiger charge is -2.13. The third-order valence-electron chi connectivity index (χ3n) is 3.13. The Kier molecular flexibility index (Phi) is 3.79. The van der Waals surface area contributed by atoms with Gasteiger partial charge >= 0.3 is 0 Å². The summed E-state index contributed by atoms with van der Waals surface area (Å²) in [4.78, 5) is 16.5. The van der Waals surface area contributed by atoms with E-state index >= 15 is 0 Å². The summed E-state index contributed by atoms with van der Waals surface area (Å²) in [5, 5.41) is 3.59. The van der Waals surface area contributed by atoms with Crippen molar-refractivity contribution in [2.75, 3.05) is 0 Å². The van der Waals surface area contributed by atoms with Gasteiger partial charge in [0.2, 0.25) is 0 Å². The molecule has 1 N–H and O–H groups in total. The SMILES string of the molecule is CCC(C)NC(=O)c1cc(C)nc2cc(F)ccc12. The van der Waals surface area contributed by atoms with Crippen molar-refractivity contribution in [3.63, 3.8) is 0 Å². The van der Waals surface area contributed by atoms with E-state index in [1.54, 1.807) is 19.1 Å². The van der Waals surface area contributed by atoms with Crippen LogP contribution < -0.4 is 5.32 Å². The maximum atomic E-state index is 13.2. The predicted molar refractivity (Wildman–Crippen MR) is 73.7 cm³/mol. The maximum Gasteiger partial charge on any atom is 0.252 e. The second kappa shape index (κ2) is 5.34. The van der Waals surface area contributed by atoms with Crippen LogP contribution in [-0.2, 0) is 0 Å². The van der Waals surface area contributed by atoms with Crippen LogP contribution in [0.1, 0.15) is 36.3 Å². The number of hydrogen-bond donors (Lipinski definition) is 1. The highest BCUT2D eigenvalue weighted by atomic mass is 19.1. The lowest BCUT2D eigenvalue weighted by molar-refractivity contribution is 0.0941. The molecule has 0 radical (unpaired) electrons. The minimum Gasteiger partial charge on any atom is -0.350 e. The third-order valence-corrected chi connectivity index (χ3v) is 3.13. The van der Waals surface area contributed by atoms with Crippen LogP contribution in [0.15, 0.2) is 24.3 Å². The van der Waals surface area contributed by atoms with Crippen molar-refractivity contribution >= 4 is 16.8 Å². The van der Waals surface area contributed by atoms with Crippen LogP contribution in [0.2, 0.25) is 0 Å². The van der Waals surface area contributed by atoms with Crippen LogP contribution in [0.3, 0.4) is 0 Å². The molecule has 1 unspecified atom stereocenters. The molecular weight excluding hydrogens is 243 g/mol. The van der Waals surface area contributed by atoms with Gasteiger partial charge < -0.3 is 5.32 Å². The van der Waals surface area contributed by atoms with Gasteiger partial charge in [-0.3, -0.25) is 9.78 Å². The Bertz CT molecular complexity index is 620. The predicted octanol–water partition coefficient (Wildman–Crippen LogP) is 3.21. The van der Waals surface area contributed by atoms with Gasteiger partial charge in [0.1, 0.15) is 5.82 Å². The number of rotatable bonds is 3. The summed E-state index contributed by atoms with van der Waals surface area (Å²) in [5.41, 5.74) is 1.75. The number of aryl methyl sites for hydroxylation is 1. The number of hydrogen-bond acceptors (Lipinski definition) is 2. The van der Waals surface area contributed by atoms with Crippen molar-refractivity contribution in [3.8, 4) is 0 Å². The minimum absolute atomic E-state index is 0.108. The van der Waals surface area contributed by atoms with Gasteiger partial charge in [-0.1, -0.05) is 6.92 Å². The summed E-state index contributed by atoms with van der Waals surface area (Å²) in [5.74, 6) is -0.490. The van der Waals surface area contributed by atoms with Crippen LogP contribution in [0, 0.1) is 12.7 Å². The van der Waals surface area contributed by atoms with Gasteiger partial charge in [-0.15, -0.1) is 0 Å². The summed E-state index contributed by atoms with van der Waals surface area (Å²) >= 11 is 0. The molecule has 0 fully saturated rings. The monoisotopic (exact) mass is 260 g/mol. The fourth-order valence-electron chi connectivity index (χ4n) is 1.93. The third kappa shape index (κ3) is 2.89. The molecule has 19 heavy (non-hydrogen) atoms. The van der Waals surface area contributed by atoms with Gasteiger partial charge in [0.05, 0.1) is 11.1 Å². The molecule has 0 aliphatic rings. The average molecular weight is 260 g/mol. The number of aromatic nitrogens is 1. The first-order chi connectivity index (χ1) is 9.01. The van der Waals surface area contributed by atoms with Crippen LogP contribution >= 0.6 is 0 Å².